The van der Waals surface area contributed by atoms with Crippen molar-refractivity contribution in [1.82, 2.24) is 0 Å². The molecule has 0 N–H and O–H groups in total. The average molecular weight is 746 g/mol. The Morgan fingerprint density at radius 2 is 0.390 bits per heavy atom. The van der Waals surface area contributed by atoms with E-state index >= 15 is 0 Å². The molecule has 0 fully saturated rings. The molecule has 0 radical (unpaired) electrons. The highest BCUT2D eigenvalue weighted by Gasteiger charge is 2.01. The van der Waals surface area contributed by atoms with E-state index in [1.54, 1.807) is 0 Å². The fourth-order valence-corrected chi connectivity index (χ4v) is 8.29. The van der Waals surface area contributed by atoms with Gasteiger partial charge in [-0.1, -0.05) is 241 Å². The molecular weight excluding hydrogens is 670 g/mol. The summed E-state index contributed by atoms with van der Waals surface area (Å²) in [6.45, 7) is 0. The van der Waals surface area contributed by atoms with Gasteiger partial charge in [-0.25, -0.2) is 0 Å². The SMILES string of the molecule is Cl[SiH](Cl)CCCCCCCCCCCCCCCCCCCCCCCCCCCCCCCCCCCCCI. The second-order valence-electron chi connectivity index (χ2n) is 13.2. The first-order valence-corrected chi connectivity index (χ1v) is 24.9. The van der Waals surface area contributed by atoms with Gasteiger partial charge in [-0.05, 0) is 16.9 Å². The minimum Gasteiger partial charge on any atom is -0.150 e. The van der Waals surface area contributed by atoms with Gasteiger partial charge in [0.2, 0.25) is 7.42 Å². The van der Waals surface area contributed by atoms with Gasteiger partial charge in [-0.3, -0.25) is 0 Å². The summed E-state index contributed by atoms with van der Waals surface area (Å²) < 4.78 is 1.34. The van der Waals surface area contributed by atoms with Crippen LogP contribution >= 0.6 is 44.7 Å². The van der Waals surface area contributed by atoms with Gasteiger partial charge in [0.05, 0.1) is 0 Å². The Kier molecular flexibility index (Phi) is 41.0. The zero-order valence-corrected chi connectivity index (χ0v) is 32.7. The molecule has 0 bridgehead atoms. The summed E-state index contributed by atoms with van der Waals surface area (Å²) in [5, 5.41) is 0. The van der Waals surface area contributed by atoms with Crippen molar-refractivity contribution in [1.29, 1.82) is 0 Å². The lowest BCUT2D eigenvalue weighted by Crippen LogP contribution is -1.91. The molecule has 0 aliphatic heterocycles. The summed E-state index contributed by atoms with van der Waals surface area (Å²) in [6.07, 6.45) is 51.2. The maximum Gasteiger partial charge on any atom is 0.237 e. The molecule has 0 atom stereocenters. The van der Waals surface area contributed by atoms with E-state index in [1.165, 1.54) is 229 Å². The summed E-state index contributed by atoms with van der Waals surface area (Å²) in [7, 11) is -1.34. The topological polar surface area (TPSA) is 0 Å². The molecule has 0 aromatic rings. The third-order valence-electron chi connectivity index (χ3n) is 9.06. The molecule has 248 valence electrons. The van der Waals surface area contributed by atoms with Gasteiger partial charge >= 0.3 is 0 Å². The Bertz CT molecular complexity index is 449. The maximum absolute atomic E-state index is 5.91. The molecule has 0 spiro atoms. The fraction of sp³-hybridized carbons (Fsp3) is 1.00. The number of hydrogen-bond donors (Lipinski definition) is 0. The van der Waals surface area contributed by atoms with Crippen LogP contribution in [-0.2, 0) is 0 Å². The second-order valence-corrected chi connectivity index (χ2v) is 19.5. The van der Waals surface area contributed by atoms with Gasteiger partial charge in [0.25, 0.3) is 0 Å². The lowest BCUT2D eigenvalue weighted by Gasteiger charge is -2.05. The van der Waals surface area contributed by atoms with Crippen molar-refractivity contribution in [2.24, 2.45) is 0 Å². The van der Waals surface area contributed by atoms with Gasteiger partial charge in [-0.2, -0.15) is 22.2 Å². The predicted octanol–water partition coefficient (Wildman–Crippen LogP) is 15.8. The molecular formula is C37H75Cl2ISi. The summed E-state index contributed by atoms with van der Waals surface area (Å²) in [5.74, 6) is 0. The van der Waals surface area contributed by atoms with Crippen molar-refractivity contribution in [2.75, 3.05) is 4.43 Å². The molecule has 0 rings (SSSR count). The van der Waals surface area contributed by atoms with Gasteiger partial charge in [0, 0.05) is 0 Å². The molecule has 41 heavy (non-hydrogen) atoms. The van der Waals surface area contributed by atoms with Gasteiger partial charge in [0.15, 0.2) is 0 Å². The first-order valence-electron chi connectivity index (χ1n) is 19.1. The minimum absolute atomic E-state index is 1.10. The molecule has 0 aliphatic rings. The molecule has 4 heteroatoms. The molecule has 0 aromatic heterocycles. The molecule has 0 aromatic carbocycles. The molecule has 0 saturated heterocycles. The van der Waals surface area contributed by atoms with Crippen LogP contribution in [0.25, 0.3) is 0 Å². The van der Waals surface area contributed by atoms with Crippen molar-refractivity contribution in [3.8, 4) is 0 Å². The summed E-state index contributed by atoms with van der Waals surface area (Å²) in [6, 6.07) is 1.10. The van der Waals surface area contributed by atoms with E-state index in [4.69, 9.17) is 22.2 Å². The largest absolute Gasteiger partial charge is 0.237 e. The van der Waals surface area contributed by atoms with Gasteiger partial charge in [0.1, 0.15) is 0 Å². The van der Waals surface area contributed by atoms with Gasteiger partial charge < -0.3 is 0 Å². The van der Waals surface area contributed by atoms with E-state index in [9.17, 15) is 0 Å². The van der Waals surface area contributed by atoms with Crippen LogP contribution in [0.15, 0.2) is 0 Å². The van der Waals surface area contributed by atoms with Crippen LogP contribution in [0.3, 0.4) is 0 Å². The molecule has 0 heterocycles. The van der Waals surface area contributed by atoms with Crippen LogP contribution in [0.2, 0.25) is 6.04 Å². The molecule has 0 unspecified atom stereocenters. The number of halogens is 3. The lowest BCUT2D eigenvalue weighted by atomic mass is 10.0. The number of rotatable bonds is 37. The van der Waals surface area contributed by atoms with E-state index in [-0.39, 0.29) is 0 Å². The van der Waals surface area contributed by atoms with E-state index in [0.717, 1.165) is 6.04 Å². The first-order chi connectivity index (χ1) is 20.3. The molecule has 0 amide bonds. The Labute approximate surface area is 285 Å². The number of unbranched alkanes of at least 4 members (excludes halogenated alkanes) is 34. The predicted molar refractivity (Wildman–Crippen MR) is 204 cm³/mol. The van der Waals surface area contributed by atoms with Crippen molar-refractivity contribution in [3.05, 3.63) is 0 Å². The number of hydrogen-bond acceptors (Lipinski definition) is 0. The van der Waals surface area contributed by atoms with Crippen LogP contribution in [0.4, 0.5) is 0 Å². The second kappa shape index (κ2) is 39.6. The Morgan fingerprint density at radius 3 is 0.537 bits per heavy atom. The maximum atomic E-state index is 5.91. The normalized spacial score (nSPS) is 11.7. The molecule has 0 nitrogen and oxygen atoms in total. The zero-order chi connectivity index (χ0) is 29.7. The minimum atomic E-state index is -1.34. The Balaban J connectivity index is 3.03. The third kappa shape index (κ3) is 41.5. The number of alkyl halides is 1. The van der Waals surface area contributed by atoms with Crippen molar-refractivity contribution < 1.29 is 0 Å². The van der Waals surface area contributed by atoms with Crippen molar-refractivity contribution >= 4 is 52.2 Å². The first kappa shape index (κ1) is 42.5. The average Bonchev–Trinajstić information content (AvgIpc) is 2.97. The summed E-state index contributed by atoms with van der Waals surface area (Å²) in [4.78, 5) is 0. The van der Waals surface area contributed by atoms with Crippen LogP contribution in [-0.4, -0.2) is 11.8 Å². The zero-order valence-electron chi connectivity index (χ0n) is 27.9. The fourth-order valence-electron chi connectivity index (χ4n) is 6.23. The monoisotopic (exact) mass is 744 g/mol. The molecule has 0 aliphatic carbocycles. The van der Waals surface area contributed by atoms with Crippen molar-refractivity contribution in [3.63, 3.8) is 0 Å². The van der Waals surface area contributed by atoms with Crippen LogP contribution in [0.5, 0.6) is 0 Å². The quantitative estimate of drug-likeness (QED) is 0.0195. The van der Waals surface area contributed by atoms with E-state index in [0.29, 0.717) is 0 Å². The highest BCUT2D eigenvalue weighted by Crippen LogP contribution is 2.18. The Morgan fingerprint density at radius 1 is 0.244 bits per heavy atom. The van der Waals surface area contributed by atoms with E-state index in [2.05, 4.69) is 22.6 Å². The van der Waals surface area contributed by atoms with E-state index in [1.807, 2.05) is 0 Å². The van der Waals surface area contributed by atoms with Crippen molar-refractivity contribution in [2.45, 2.75) is 231 Å². The highest BCUT2D eigenvalue weighted by atomic mass is 127. The molecule has 0 saturated carbocycles. The van der Waals surface area contributed by atoms with Crippen LogP contribution in [0.1, 0.15) is 225 Å². The third-order valence-corrected chi connectivity index (χ3v) is 12.0. The lowest BCUT2D eigenvalue weighted by molar-refractivity contribution is 0.511. The standard InChI is InChI=1S/C37H75Cl2ISi/c38-41(39)37-35-33-31-29-27-25-23-21-19-17-15-13-11-9-7-5-3-1-2-4-6-8-10-12-14-16-18-20-22-24-26-28-30-32-34-36-40/h41H,1-37H2. The highest BCUT2D eigenvalue weighted by molar-refractivity contribution is 14.1. The Hall–Kier alpha value is 1.53. The smallest absolute Gasteiger partial charge is 0.150 e. The van der Waals surface area contributed by atoms with Crippen LogP contribution in [0, 0.1) is 0 Å². The van der Waals surface area contributed by atoms with Crippen LogP contribution < -0.4 is 0 Å². The van der Waals surface area contributed by atoms with E-state index < -0.39 is 7.42 Å². The summed E-state index contributed by atoms with van der Waals surface area (Å²) >= 11 is 14.3. The van der Waals surface area contributed by atoms with Gasteiger partial charge in [-0.15, -0.1) is 0 Å². The summed E-state index contributed by atoms with van der Waals surface area (Å²) in [5.41, 5.74) is 0.